The molecule has 7 heteroatoms. The lowest BCUT2D eigenvalue weighted by molar-refractivity contribution is -0.142. The van der Waals surface area contributed by atoms with Gasteiger partial charge in [-0.15, -0.1) is 11.8 Å². The molecule has 0 aromatic heterocycles. The number of halogens is 2. The molecule has 0 aliphatic rings. The summed E-state index contributed by atoms with van der Waals surface area (Å²) in [5.74, 6) is 0.541. The molecule has 0 aliphatic heterocycles. The van der Waals surface area contributed by atoms with Crippen LogP contribution in [-0.2, 0) is 22.6 Å². The van der Waals surface area contributed by atoms with Crippen LogP contribution < -0.4 is 5.32 Å². The molecule has 3 aromatic carbocycles. The van der Waals surface area contributed by atoms with Crippen molar-refractivity contribution in [1.29, 1.82) is 0 Å². The summed E-state index contributed by atoms with van der Waals surface area (Å²) in [4.78, 5) is 30.1. The number of nitrogens with zero attached hydrogens (tertiary/aromatic N) is 1. The molecule has 37 heavy (non-hydrogen) atoms. The summed E-state index contributed by atoms with van der Waals surface area (Å²) >= 11 is 14.1. The number of benzene rings is 3. The third-order valence-corrected chi connectivity index (χ3v) is 7.40. The third-order valence-electron chi connectivity index (χ3n) is 5.69. The Hall–Kier alpha value is -2.47. The first-order valence-electron chi connectivity index (χ1n) is 12.4. The molecule has 3 rings (SSSR count). The first-order chi connectivity index (χ1) is 17.6. The predicted molar refractivity (Wildman–Crippen MR) is 155 cm³/mol. The maximum Gasteiger partial charge on any atom is 0.243 e. The second-order valence-electron chi connectivity index (χ2n) is 9.96. The molecule has 4 nitrogen and oxygen atoms in total. The van der Waals surface area contributed by atoms with Crippen LogP contribution >= 0.6 is 35.0 Å². The molecule has 0 heterocycles. The number of carbonyl (C=O) groups is 2. The van der Waals surface area contributed by atoms with Gasteiger partial charge in [-0.05, 0) is 74.4 Å². The number of rotatable bonds is 11. The molecule has 0 spiro atoms. The molecule has 0 radical (unpaired) electrons. The summed E-state index contributed by atoms with van der Waals surface area (Å²) in [5.41, 5.74) is 1.38. The van der Waals surface area contributed by atoms with Crippen LogP contribution in [0.4, 0.5) is 0 Å². The number of nitrogens with one attached hydrogen (secondary N) is 1. The summed E-state index contributed by atoms with van der Waals surface area (Å²) in [6.45, 7) is 6.09. The van der Waals surface area contributed by atoms with Gasteiger partial charge >= 0.3 is 0 Å². The normalized spacial score (nSPS) is 12.1. The highest BCUT2D eigenvalue weighted by Gasteiger charge is 2.32. The zero-order valence-corrected chi connectivity index (χ0v) is 23.9. The molecule has 0 bridgehead atoms. The van der Waals surface area contributed by atoms with Gasteiger partial charge in [-0.2, -0.15) is 0 Å². The average molecular weight is 558 g/mol. The van der Waals surface area contributed by atoms with Gasteiger partial charge in [0.15, 0.2) is 0 Å². The summed E-state index contributed by atoms with van der Waals surface area (Å²) in [6.07, 6.45) is 1.43. The Morgan fingerprint density at radius 3 is 2.22 bits per heavy atom. The molecule has 1 atom stereocenters. The van der Waals surface area contributed by atoms with Crippen molar-refractivity contribution >= 4 is 46.8 Å². The van der Waals surface area contributed by atoms with E-state index < -0.39 is 11.6 Å². The maximum absolute atomic E-state index is 13.7. The van der Waals surface area contributed by atoms with Crippen molar-refractivity contribution in [3.05, 3.63) is 100 Å². The van der Waals surface area contributed by atoms with Gasteiger partial charge in [0.25, 0.3) is 0 Å². The molecule has 0 saturated carbocycles. The summed E-state index contributed by atoms with van der Waals surface area (Å²) < 4.78 is 0. The first-order valence-corrected chi connectivity index (χ1v) is 14.1. The van der Waals surface area contributed by atoms with E-state index in [1.165, 1.54) is 0 Å². The molecule has 2 amide bonds. The lowest BCUT2D eigenvalue weighted by Gasteiger charge is -2.34. The molecule has 0 saturated heterocycles. The number of hydrogen-bond donors (Lipinski definition) is 1. The highest BCUT2D eigenvalue weighted by Crippen LogP contribution is 2.24. The van der Waals surface area contributed by atoms with Crippen molar-refractivity contribution in [2.45, 2.75) is 63.1 Å². The van der Waals surface area contributed by atoms with Gasteiger partial charge in [0.2, 0.25) is 11.8 Å². The summed E-state index contributed by atoms with van der Waals surface area (Å²) in [6, 6.07) is 24.3. The van der Waals surface area contributed by atoms with Crippen LogP contribution in [0.25, 0.3) is 0 Å². The average Bonchev–Trinajstić information content (AvgIpc) is 2.85. The Labute approximate surface area is 234 Å². The van der Waals surface area contributed by atoms with Crippen molar-refractivity contribution < 1.29 is 9.59 Å². The molecule has 3 aromatic rings. The Morgan fingerprint density at radius 1 is 0.919 bits per heavy atom. The lowest BCUT2D eigenvalue weighted by atomic mass is 10.00. The maximum atomic E-state index is 13.7. The van der Waals surface area contributed by atoms with E-state index in [-0.39, 0.29) is 18.4 Å². The molecule has 1 unspecified atom stereocenters. The smallest absolute Gasteiger partial charge is 0.243 e. The number of hydrogen-bond acceptors (Lipinski definition) is 3. The van der Waals surface area contributed by atoms with Crippen LogP contribution in [0.5, 0.6) is 0 Å². The zero-order valence-electron chi connectivity index (χ0n) is 21.5. The highest BCUT2D eigenvalue weighted by atomic mass is 35.5. The minimum Gasteiger partial charge on any atom is -0.350 e. The minimum atomic E-state index is -0.672. The van der Waals surface area contributed by atoms with Gasteiger partial charge in [-0.3, -0.25) is 9.59 Å². The lowest BCUT2D eigenvalue weighted by Crippen LogP contribution is -2.54. The van der Waals surface area contributed by atoms with E-state index in [0.29, 0.717) is 29.3 Å². The Balaban J connectivity index is 1.81. The molecule has 0 aliphatic carbocycles. The topological polar surface area (TPSA) is 49.4 Å². The van der Waals surface area contributed by atoms with Gasteiger partial charge < -0.3 is 10.2 Å². The van der Waals surface area contributed by atoms with Gasteiger partial charge in [-0.25, -0.2) is 0 Å². The molecular weight excluding hydrogens is 523 g/mol. The molecule has 1 N–H and O–H groups in total. The van der Waals surface area contributed by atoms with Crippen LogP contribution in [0, 0.1) is 0 Å². The second kappa shape index (κ2) is 13.9. The van der Waals surface area contributed by atoms with Crippen molar-refractivity contribution in [2.75, 3.05) is 5.75 Å². The van der Waals surface area contributed by atoms with Gasteiger partial charge in [0.05, 0.1) is 0 Å². The summed E-state index contributed by atoms with van der Waals surface area (Å²) in [5, 5.41) is 4.37. The van der Waals surface area contributed by atoms with E-state index in [4.69, 9.17) is 23.2 Å². The van der Waals surface area contributed by atoms with E-state index in [0.717, 1.165) is 21.8 Å². The fourth-order valence-electron chi connectivity index (χ4n) is 3.90. The van der Waals surface area contributed by atoms with Crippen LogP contribution in [-0.4, -0.2) is 34.0 Å². The Bertz CT molecular complexity index is 1160. The Kier molecular flexibility index (Phi) is 10.9. The van der Waals surface area contributed by atoms with Crippen LogP contribution in [0.3, 0.4) is 0 Å². The number of carbonyl (C=O) groups excluding carboxylic acids is 2. The zero-order chi connectivity index (χ0) is 26.8. The van der Waals surface area contributed by atoms with Crippen LogP contribution in [0.2, 0.25) is 10.0 Å². The standard InChI is InChI=1S/C30H34Cl2N2O2S/c1-30(2,3)33-29(36)27(20-22-10-5-4-6-11-22)34(21-23-12-7-8-13-26(23)32)28(35)14-9-19-37-25-17-15-24(31)16-18-25/h4-8,10-13,15-18,27H,9,14,19-21H2,1-3H3,(H,33,36). The van der Waals surface area contributed by atoms with Crippen molar-refractivity contribution in [2.24, 2.45) is 0 Å². The second-order valence-corrected chi connectivity index (χ2v) is 12.0. The van der Waals surface area contributed by atoms with Crippen molar-refractivity contribution in [1.82, 2.24) is 10.2 Å². The number of amides is 2. The van der Waals surface area contributed by atoms with E-state index >= 15 is 0 Å². The first kappa shape index (κ1) is 29.1. The Morgan fingerprint density at radius 2 is 1.57 bits per heavy atom. The van der Waals surface area contributed by atoms with Crippen LogP contribution in [0.15, 0.2) is 83.8 Å². The fraction of sp³-hybridized carbons (Fsp3) is 0.333. The number of thioether (sulfide) groups is 1. The van der Waals surface area contributed by atoms with Gasteiger partial charge in [0, 0.05) is 39.9 Å². The van der Waals surface area contributed by atoms with Crippen LogP contribution in [0.1, 0.15) is 44.7 Å². The van der Waals surface area contributed by atoms with Gasteiger partial charge in [-0.1, -0.05) is 71.7 Å². The third kappa shape index (κ3) is 9.73. The van der Waals surface area contributed by atoms with Crippen molar-refractivity contribution in [3.63, 3.8) is 0 Å². The minimum absolute atomic E-state index is 0.0679. The van der Waals surface area contributed by atoms with Gasteiger partial charge in [0.1, 0.15) is 6.04 Å². The molecular formula is C30H34Cl2N2O2S. The predicted octanol–water partition coefficient (Wildman–Crippen LogP) is 7.42. The molecule has 0 fully saturated rings. The highest BCUT2D eigenvalue weighted by molar-refractivity contribution is 7.99. The molecule has 196 valence electrons. The van der Waals surface area contributed by atoms with E-state index in [2.05, 4.69) is 5.32 Å². The fourth-order valence-corrected chi connectivity index (χ4v) is 5.08. The van der Waals surface area contributed by atoms with E-state index in [1.54, 1.807) is 16.7 Å². The monoisotopic (exact) mass is 556 g/mol. The van der Waals surface area contributed by atoms with E-state index in [1.807, 2.05) is 99.6 Å². The van der Waals surface area contributed by atoms with Crippen molar-refractivity contribution in [3.8, 4) is 0 Å². The van der Waals surface area contributed by atoms with E-state index in [9.17, 15) is 9.59 Å². The summed E-state index contributed by atoms with van der Waals surface area (Å²) in [7, 11) is 0. The SMILES string of the molecule is CC(C)(C)NC(=O)C(Cc1ccccc1)N(Cc1ccccc1Cl)C(=O)CCCSc1ccc(Cl)cc1. The quantitative estimate of drug-likeness (QED) is 0.197. The largest absolute Gasteiger partial charge is 0.350 e.